The Morgan fingerprint density at radius 3 is 2.36 bits per heavy atom. The zero-order valence-corrected chi connectivity index (χ0v) is 16.6. The standard InChI is InChI=1S/C21H19Cl2NO4/c22-15-2-3-16(17(23)12-15)21(26)24-7-5-13(6-8-24)20(25)14-1-4-18-19(11-14)28-10-9-27-18/h1-4,11-13H,5-10H2. The molecule has 1 amide bonds. The van der Waals surface area contributed by atoms with Gasteiger partial charge >= 0.3 is 0 Å². The lowest BCUT2D eigenvalue weighted by Gasteiger charge is -2.31. The Morgan fingerprint density at radius 1 is 0.929 bits per heavy atom. The lowest BCUT2D eigenvalue weighted by Crippen LogP contribution is -2.40. The average molecular weight is 420 g/mol. The van der Waals surface area contributed by atoms with Gasteiger partial charge in [-0.2, -0.15) is 0 Å². The van der Waals surface area contributed by atoms with Crippen molar-refractivity contribution < 1.29 is 19.1 Å². The van der Waals surface area contributed by atoms with Gasteiger partial charge in [0.1, 0.15) is 13.2 Å². The van der Waals surface area contributed by atoms with E-state index in [2.05, 4.69) is 0 Å². The lowest BCUT2D eigenvalue weighted by atomic mass is 9.88. The SMILES string of the molecule is O=C(c1ccc2c(c1)OCCO2)C1CCN(C(=O)c2ccc(Cl)cc2Cl)CC1. The molecule has 0 aliphatic carbocycles. The minimum Gasteiger partial charge on any atom is -0.486 e. The number of amides is 1. The van der Waals surface area contributed by atoms with Gasteiger partial charge in [0.15, 0.2) is 17.3 Å². The van der Waals surface area contributed by atoms with Gasteiger partial charge in [-0.1, -0.05) is 23.2 Å². The molecule has 2 heterocycles. The van der Waals surface area contributed by atoms with Crippen LogP contribution in [0.3, 0.4) is 0 Å². The Bertz CT molecular complexity index is 923. The molecule has 2 aromatic rings. The fourth-order valence-corrected chi connectivity index (χ4v) is 4.10. The second-order valence-electron chi connectivity index (χ2n) is 6.91. The first kappa shape index (κ1) is 19.1. The number of nitrogens with zero attached hydrogens (tertiary/aromatic N) is 1. The van der Waals surface area contributed by atoms with Crippen molar-refractivity contribution in [3.05, 3.63) is 57.6 Å². The summed E-state index contributed by atoms with van der Waals surface area (Å²) >= 11 is 12.1. The van der Waals surface area contributed by atoms with E-state index in [1.54, 1.807) is 41.3 Å². The summed E-state index contributed by atoms with van der Waals surface area (Å²) in [6, 6.07) is 10.2. The van der Waals surface area contributed by atoms with Crippen LogP contribution in [-0.2, 0) is 0 Å². The third-order valence-corrected chi connectivity index (χ3v) is 5.69. The number of carbonyl (C=O) groups is 2. The molecule has 0 radical (unpaired) electrons. The van der Waals surface area contributed by atoms with Gasteiger partial charge in [-0.15, -0.1) is 0 Å². The van der Waals surface area contributed by atoms with E-state index in [0.29, 0.717) is 71.8 Å². The Hall–Kier alpha value is -2.24. The van der Waals surface area contributed by atoms with Gasteiger partial charge in [0.05, 0.1) is 10.6 Å². The second-order valence-corrected chi connectivity index (χ2v) is 7.76. The van der Waals surface area contributed by atoms with Crippen LogP contribution >= 0.6 is 23.2 Å². The summed E-state index contributed by atoms with van der Waals surface area (Å²) in [6.07, 6.45) is 1.23. The van der Waals surface area contributed by atoms with Crippen molar-refractivity contribution in [2.75, 3.05) is 26.3 Å². The predicted molar refractivity (Wildman–Crippen MR) is 107 cm³/mol. The maximum Gasteiger partial charge on any atom is 0.255 e. The number of likely N-dealkylation sites (tertiary alicyclic amines) is 1. The van der Waals surface area contributed by atoms with Crippen molar-refractivity contribution in [1.82, 2.24) is 4.90 Å². The molecular weight excluding hydrogens is 401 g/mol. The molecule has 28 heavy (non-hydrogen) atoms. The van der Waals surface area contributed by atoms with Crippen molar-refractivity contribution in [2.24, 2.45) is 5.92 Å². The number of ether oxygens (including phenoxy) is 2. The highest BCUT2D eigenvalue weighted by atomic mass is 35.5. The van der Waals surface area contributed by atoms with E-state index in [-0.39, 0.29) is 17.6 Å². The smallest absolute Gasteiger partial charge is 0.255 e. The fourth-order valence-electron chi connectivity index (χ4n) is 3.61. The van der Waals surface area contributed by atoms with Crippen molar-refractivity contribution in [3.63, 3.8) is 0 Å². The molecule has 0 atom stereocenters. The number of hydrogen-bond acceptors (Lipinski definition) is 4. The van der Waals surface area contributed by atoms with Gasteiger partial charge in [-0.05, 0) is 49.2 Å². The molecule has 2 aliphatic rings. The van der Waals surface area contributed by atoms with Crippen LogP contribution in [0, 0.1) is 5.92 Å². The van der Waals surface area contributed by atoms with Gasteiger partial charge in [0, 0.05) is 29.6 Å². The number of carbonyl (C=O) groups excluding carboxylic acids is 2. The highest BCUT2D eigenvalue weighted by Gasteiger charge is 2.29. The second kappa shape index (κ2) is 8.02. The molecule has 0 spiro atoms. The van der Waals surface area contributed by atoms with Gasteiger partial charge in [0.2, 0.25) is 0 Å². The quantitative estimate of drug-likeness (QED) is 0.687. The third kappa shape index (κ3) is 3.82. The third-order valence-electron chi connectivity index (χ3n) is 5.14. The molecule has 1 fully saturated rings. The van der Waals surface area contributed by atoms with E-state index in [0.717, 1.165) is 0 Å². The van der Waals surface area contributed by atoms with E-state index in [9.17, 15) is 9.59 Å². The molecule has 0 aromatic heterocycles. The van der Waals surface area contributed by atoms with Crippen molar-refractivity contribution in [3.8, 4) is 11.5 Å². The molecule has 1 saturated heterocycles. The Labute approximate surface area is 173 Å². The van der Waals surface area contributed by atoms with Crippen LogP contribution in [0.15, 0.2) is 36.4 Å². The summed E-state index contributed by atoms with van der Waals surface area (Å²) in [6.45, 7) is 2.03. The summed E-state index contributed by atoms with van der Waals surface area (Å²) < 4.78 is 11.1. The largest absolute Gasteiger partial charge is 0.486 e. The first-order valence-corrected chi connectivity index (χ1v) is 9.97. The number of benzene rings is 2. The highest BCUT2D eigenvalue weighted by Crippen LogP contribution is 2.33. The maximum absolute atomic E-state index is 12.9. The number of piperidine rings is 1. The van der Waals surface area contributed by atoms with E-state index in [4.69, 9.17) is 32.7 Å². The molecule has 0 unspecified atom stereocenters. The first-order chi connectivity index (χ1) is 13.5. The monoisotopic (exact) mass is 419 g/mol. The molecule has 0 saturated carbocycles. The van der Waals surface area contributed by atoms with E-state index >= 15 is 0 Å². The van der Waals surface area contributed by atoms with E-state index in [1.165, 1.54) is 0 Å². The summed E-state index contributed by atoms with van der Waals surface area (Å²) in [7, 11) is 0. The molecule has 146 valence electrons. The molecule has 2 aliphatic heterocycles. The van der Waals surface area contributed by atoms with Crippen LogP contribution in [-0.4, -0.2) is 42.9 Å². The molecule has 0 bridgehead atoms. The van der Waals surface area contributed by atoms with Gasteiger partial charge in [-0.3, -0.25) is 9.59 Å². The number of fused-ring (bicyclic) bond motifs is 1. The zero-order chi connectivity index (χ0) is 19.7. The number of hydrogen-bond donors (Lipinski definition) is 0. The summed E-state index contributed by atoms with van der Waals surface area (Å²) in [5, 5.41) is 0.831. The maximum atomic E-state index is 12.9. The van der Waals surface area contributed by atoms with Crippen molar-refractivity contribution >= 4 is 34.9 Å². The van der Waals surface area contributed by atoms with Crippen LogP contribution < -0.4 is 9.47 Å². The number of halogens is 2. The van der Waals surface area contributed by atoms with Crippen LogP contribution in [0.5, 0.6) is 11.5 Å². The van der Waals surface area contributed by atoms with E-state index in [1.807, 2.05) is 0 Å². The molecule has 5 nitrogen and oxygen atoms in total. The topological polar surface area (TPSA) is 55.8 Å². The summed E-state index contributed by atoms with van der Waals surface area (Å²) in [5.41, 5.74) is 1.05. The Kier molecular flexibility index (Phi) is 5.47. The minimum atomic E-state index is -0.133. The summed E-state index contributed by atoms with van der Waals surface area (Å²) in [4.78, 5) is 27.3. The number of Topliss-reactive ketones (excluding diaryl/α,β-unsaturated/α-hetero) is 1. The van der Waals surface area contributed by atoms with Crippen LogP contribution in [0.4, 0.5) is 0 Å². The number of rotatable bonds is 3. The molecule has 2 aromatic carbocycles. The van der Waals surface area contributed by atoms with Gasteiger partial charge in [-0.25, -0.2) is 0 Å². The van der Waals surface area contributed by atoms with E-state index < -0.39 is 0 Å². The van der Waals surface area contributed by atoms with Crippen molar-refractivity contribution in [2.45, 2.75) is 12.8 Å². The Morgan fingerprint density at radius 2 is 1.64 bits per heavy atom. The van der Waals surface area contributed by atoms with Crippen LogP contribution in [0.25, 0.3) is 0 Å². The molecule has 7 heteroatoms. The normalized spacial score (nSPS) is 16.7. The van der Waals surface area contributed by atoms with Crippen LogP contribution in [0.2, 0.25) is 10.0 Å². The Balaban J connectivity index is 1.41. The fraction of sp³-hybridized carbons (Fsp3) is 0.333. The van der Waals surface area contributed by atoms with Crippen LogP contribution in [0.1, 0.15) is 33.6 Å². The van der Waals surface area contributed by atoms with Crippen molar-refractivity contribution in [1.29, 1.82) is 0 Å². The average Bonchev–Trinajstić information content (AvgIpc) is 2.72. The highest BCUT2D eigenvalue weighted by molar-refractivity contribution is 6.36. The minimum absolute atomic E-state index is 0.0774. The van der Waals surface area contributed by atoms with Gasteiger partial charge in [0.25, 0.3) is 5.91 Å². The number of ketones is 1. The zero-order valence-electron chi connectivity index (χ0n) is 15.1. The predicted octanol–water partition coefficient (Wildman–Crippen LogP) is 4.50. The first-order valence-electron chi connectivity index (χ1n) is 9.21. The van der Waals surface area contributed by atoms with Gasteiger partial charge < -0.3 is 14.4 Å². The summed E-state index contributed by atoms with van der Waals surface area (Å²) in [5.74, 6) is 1.11. The molecular formula is C21H19Cl2NO4. The lowest BCUT2D eigenvalue weighted by molar-refractivity contribution is 0.0650. The molecule has 4 rings (SSSR count). The molecule has 0 N–H and O–H groups in total.